The number of rotatable bonds is 7. The maximum Gasteiger partial charge on any atom is 0.0436 e. The van der Waals surface area contributed by atoms with Crippen LogP contribution < -0.4 is 10.9 Å². The lowest BCUT2D eigenvalue weighted by Gasteiger charge is -2.17. The topological polar surface area (TPSA) is 24.1 Å². The van der Waals surface area contributed by atoms with Crippen LogP contribution in [0, 0.1) is 12.8 Å². The van der Waals surface area contributed by atoms with E-state index in [0.29, 0.717) is 6.04 Å². The molecule has 0 saturated heterocycles. The van der Waals surface area contributed by atoms with Crippen LogP contribution in [0.5, 0.6) is 0 Å². The summed E-state index contributed by atoms with van der Waals surface area (Å²) >= 11 is 0. The van der Waals surface area contributed by atoms with Crippen molar-refractivity contribution >= 4 is 0 Å². The van der Waals surface area contributed by atoms with Gasteiger partial charge in [-0.3, -0.25) is 10.9 Å². The Hall–Kier alpha value is -0.860. The highest BCUT2D eigenvalue weighted by molar-refractivity contribution is 5.27. The van der Waals surface area contributed by atoms with Gasteiger partial charge in [-0.2, -0.15) is 0 Å². The minimum Gasteiger partial charge on any atom is -0.257 e. The van der Waals surface area contributed by atoms with Crippen molar-refractivity contribution in [3.63, 3.8) is 0 Å². The third kappa shape index (κ3) is 5.33. The van der Waals surface area contributed by atoms with Crippen LogP contribution in [-0.2, 0) is 0 Å². The van der Waals surface area contributed by atoms with E-state index >= 15 is 0 Å². The zero-order valence-electron chi connectivity index (χ0n) is 11.6. The monoisotopic (exact) mass is 234 g/mol. The number of hydrogen-bond acceptors (Lipinski definition) is 2. The molecule has 0 aliphatic rings. The fourth-order valence-electron chi connectivity index (χ4n) is 1.97. The first-order valence-corrected chi connectivity index (χ1v) is 6.65. The van der Waals surface area contributed by atoms with Gasteiger partial charge in [-0.15, -0.1) is 0 Å². The highest BCUT2D eigenvalue weighted by Gasteiger charge is 2.06. The first-order valence-electron chi connectivity index (χ1n) is 6.65. The van der Waals surface area contributed by atoms with Gasteiger partial charge in [0.15, 0.2) is 0 Å². The number of benzene rings is 1. The Kier molecular flexibility index (Phi) is 6.23. The maximum absolute atomic E-state index is 3.36. The first kappa shape index (κ1) is 14.2. The number of nitrogens with one attached hydrogen (secondary N) is 2. The molecule has 0 radical (unpaired) electrons. The van der Waals surface area contributed by atoms with E-state index in [9.17, 15) is 0 Å². The summed E-state index contributed by atoms with van der Waals surface area (Å²) in [5, 5.41) is 0. The van der Waals surface area contributed by atoms with Gasteiger partial charge in [-0.1, -0.05) is 38.1 Å². The van der Waals surface area contributed by atoms with E-state index in [1.54, 1.807) is 0 Å². The van der Waals surface area contributed by atoms with Gasteiger partial charge >= 0.3 is 0 Å². The van der Waals surface area contributed by atoms with E-state index in [1.807, 2.05) is 0 Å². The number of hydrogen-bond donors (Lipinski definition) is 2. The molecule has 0 spiro atoms. The lowest BCUT2D eigenvalue weighted by atomic mass is 10.0. The van der Waals surface area contributed by atoms with Crippen LogP contribution in [0.3, 0.4) is 0 Å². The van der Waals surface area contributed by atoms with E-state index < -0.39 is 0 Å². The van der Waals surface area contributed by atoms with E-state index in [0.717, 1.165) is 12.5 Å². The molecule has 2 heteroatoms. The van der Waals surface area contributed by atoms with Crippen molar-refractivity contribution in [1.82, 2.24) is 10.9 Å². The predicted molar refractivity (Wildman–Crippen MR) is 74.8 cm³/mol. The largest absolute Gasteiger partial charge is 0.257 e. The molecule has 0 fully saturated rings. The lowest BCUT2D eigenvalue weighted by Crippen LogP contribution is -2.35. The molecule has 0 aromatic heterocycles. The molecule has 0 saturated carbocycles. The molecule has 2 nitrogen and oxygen atoms in total. The molecule has 1 atom stereocenters. The highest BCUT2D eigenvalue weighted by Crippen LogP contribution is 2.15. The average Bonchev–Trinajstić information content (AvgIpc) is 2.28. The molecule has 0 bridgehead atoms. The molecule has 96 valence electrons. The smallest absolute Gasteiger partial charge is 0.0436 e. The Bertz CT molecular complexity index is 320. The van der Waals surface area contributed by atoms with Crippen LogP contribution >= 0.6 is 0 Å². The number of hydrazine groups is 1. The van der Waals surface area contributed by atoms with Gasteiger partial charge in [0, 0.05) is 12.6 Å². The Morgan fingerprint density at radius 2 is 1.82 bits per heavy atom. The summed E-state index contributed by atoms with van der Waals surface area (Å²) < 4.78 is 0. The first-order chi connectivity index (χ1) is 8.11. The molecule has 1 aromatic rings. The number of aryl methyl sites for hydroxylation is 1. The summed E-state index contributed by atoms with van der Waals surface area (Å²) in [6.45, 7) is 9.92. The van der Waals surface area contributed by atoms with Gasteiger partial charge in [0.05, 0.1) is 0 Å². The van der Waals surface area contributed by atoms with Gasteiger partial charge in [0.2, 0.25) is 0 Å². The SMILES string of the molecule is Cc1ccccc1C(C)NNCCCC(C)C. The van der Waals surface area contributed by atoms with Crippen molar-refractivity contribution in [1.29, 1.82) is 0 Å². The molecule has 1 unspecified atom stereocenters. The maximum atomic E-state index is 3.36. The zero-order valence-corrected chi connectivity index (χ0v) is 11.6. The van der Waals surface area contributed by atoms with Crippen molar-refractivity contribution < 1.29 is 0 Å². The normalized spacial score (nSPS) is 13.0. The van der Waals surface area contributed by atoms with E-state index in [1.165, 1.54) is 24.0 Å². The third-order valence-electron chi connectivity index (χ3n) is 3.06. The molecule has 2 N–H and O–H groups in total. The summed E-state index contributed by atoms with van der Waals surface area (Å²) in [6.07, 6.45) is 2.51. The van der Waals surface area contributed by atoms with Gasteiger partial charge in [0.1, 0.15) is 0 Å². The summed E-state index contributed by atoms with van der Waals surface area (Å²) in [7, 11) is 0. The van der Waals surface area contributed by atoms with Crippen LogP contribution in [0.2, 0.25) is 0 Å². The second-order valence-electron chi connectivity index (χ2n) is 5.19. The third-order valence-corrected chi connectivity index (χ3v) is 3.06. The van der Waals surface area contributed by atoms with Crippen LogP contribution in [0.1, 0.15) is 50.8 Å². The van der Waals surface area contributed by atoms with Crippen LogP contribution in [0.25, 0.3) is 0 Å². The molecular formula is C15H26N2. The summed E-state index contributed by atoms with van der Waals surface area (Å²) in [5.74, 6) is 0.797. The molecule has 1 aromatic carbocycles. The fourth-order valence-corrected chi connectivity index (χ4v) is 1.97. The van der Waals surface area contributed by atoms with Gasteiger partial charge in [-0.25, -0.2) is 0 Å². The molecule has 17 heavy (non-hydrogen) atoms. The zero-order chi connectivity index (χ0) is 12.7. The summed E-state index contributed by atoms with van der Waals surface area (Å²) in [5.41, 5.74) is 9.39. The Morgan fingerprint density at radius 3 is 2.47 bits per heavy atom. The predicted octanol–water partition coefficient (Wildman–Crippen LogP) is 3.59. The minimum absolute atomic E-state index is 0.357. The van der Waals surface area contributed by atoms with E-state index in [-0.39, 0.29) is 0 Å². The molecule has 0 amide bonds. The van der Waals surface area contributed by atoms with Crippen molar-refractivity contribution in [2.45, 2.75) is 46.6 Å². The summed E-state index contributed by atoms with van der Waals surface area (Å²) in [4.78, 5) is 0. The van der Waals surface area contributed by atoms with Crippen LogP contribution in [0.15, 0.2) is 24.3 Å². The molecule has 0 aliphatic carbocycles. The Balaban J connectivity index is 2.26. The Morgan fingerprint density at radius 1 is 1.12 bits per heavy atom. The molecule has 0 aliphatic heterocycles. The second-order valence-corrected chi connectivity index (χ2v) is 5.19. The fraction of sp³-hybridized carbons (Fsp3) is 0.600. The molecule has 0 heterocycles. The van der Waals surface area contributed by atoms with Crippen molar-refractivity contribution in [3.05, 3.63) is 35.4 Å². The highest BCUT2D eigenvalue weighted by atomic mass is 15.4. The lowest BCUT2D eigenvalue weighted by molar-refractivity contribution is 0.435. The van der Waals surface area contributed by atoms with Crippen LogP contribution in [-0.4, -0.2) is 6.54 Å². The van der Waals surface area contributed by atoms with Gasteiger partial charge in [-0.05, 0) is 43.7 Å². The second kappa shape index (κ2) is 7.46. The van der Waals surface area contributed by atoms with Gasteiger partial charge < -0.3 is 0 Å². The Labute approximate surface area is 106 Å². The minimum atomic E-state index is 0.357. The molecular weight excluding hydrogens is 208 g/mol. The van der Waals surface area contributed by atoms with Crippen molar-refractivity contribution in [2.75, 3.05) is 6.54 Å². The van der Waals surface area contributed by atoms with E-state index in [4.69, 9.17) is 0 Å². The van der Waals surface area contributed by atoms with Crippen LogP contribution in [0.4, 0.5) is 0 Å². The average molecular weight is 234 g/mol. The van der Waals surface area contributed by atoms with Crippen molar-refractivity contribution in [3.8, 4) is 0 Å². The molecule has 1 rings (SSSR count). The van der Waals surface area contributed by atoms with Gasteiger partial charge in [0.25, 0.3) is 0 Å². The van der Waals surface area contributed by atoms with E-state index in [2.05, 4.69) is 62.8 Å². The quantitative estimate of drug-likeness (QED) is 0.556. The summed E-state index contributed by atoms with van der Waals surface area (Å²) in [6, 6.07) is 8.88. The van der Waals surface area contributed by atoms with Crippen molar-refractivity contribution in [2.24, 2.45) is 5.92 Å². The standard InChI is InChI=1S/C15H26N2/c1-12(2)8-7-11-16-17-14(4)15-10-6-5-9-13(15)3/h5-6,9-10,12,14,16-17H,7-8,11H2,1-4H3.